The first-order valence-corrected chi connectivity index (χ1v) is 10.0. The first kappa shape index (κ1) is 19.3. The molecule has 2 aromatic carbocycles. The van der Waals surface area contributed by atoms with Crippen molar-refractivity contribution in [3.8, 4) is 11.5 Å². The van der Waals surface area contributed by atoms with Gasteiger partial charge in [0.15, 0.2) is 0 Å². The fraction of sp³-hybridized carbons (Fsp3) is 0.300. The predicted octanol–water partition coefficient (Wildman–Crippen LogP) is 3.44. The van der Waals surface area contributed by atoms with Crippen LogP contribution in [0.25, 0.3) is 10.9 Å². The molecule has 7 heteroatoms. The van der Waals surface area contributed by atoms with E-state index < -0.39 is 15.4 Å². The Kier molecular flexibility index (Phi) is 5.17. The third kappa shape index (κ3) is 3.79. The molecule has 3 aromatic rings. The van der Waals surface area contributed by atoms with Crippen LogP contribution in [-0.2, 0) is 15.4 Å². The summed E-state index contributed by atoms with van der Waals surface area (Å²) >= 11 is 0. The quantitative estimate of drug-likeness (QED) is 0.650. The van der Waals surface area contributed by atoms with Gasteiger partial charge < -0.3 is 14.5 Å². The van der Waals surface area contributed by atoms with Crippen molar-refractivity contribution in [2.75, 3.05) is 20.8 Å². The number of fused-ring (bicyclic) bond motifs is 1. The zero-order valence-corrected chi connectivity index (χ0v) is 16.7. The van der Waals surface area contributed by atoms with Gasteiger partial charge in [-0.05, 0) is 23.8 Å². The summed E-state index contributed by atoms with van der Waals surface area (Å²) in [6.07, 6.45) is 1.94. The summed E-state index contributed by atoms with van der Waals surface area (Å²) in [6.45, 7) is 4.25. The highest BCUT2D eigenvalue weighted by Gasteiger charge is 2.28. The number of nitrogens with one attached hydrogen (secondary N) is 2. The second-order valence-electron chi connectivity index (χ2n) is 6.97. The largest absolute Gasteiger partial charge is 0.497 e. The van der Waals surface area contributed by atoms with Gasteiger partial charge in [0.25, 0.3) is 0 Å². The minimum Gasteiger partial charge on any atom is -0.497 e. The molecule has 0 saturated heterocycles. The van der Waals surface area contributed by atoms with Crippen LogP contribution in [0.1, 0.15) is 19.4 Å². The molecule has 0 radical (unpaired) electrons. The second-order valence-corrected chi connectivity index (χ2v) is 8.71. The van der Waals surface area contributed by atoms with Crippen molar-refractivity contribution in [3.05, 3.63) is 54.2 Å². The molecule has 3 rings (SSSR count). The smallest absolute Gasteiger partial charge is 0.244 e. The Labute approximate surface area is 159 Å². The molecule has 0 aliphatic carbocycles. The SMILES string of the molecule is COc1ccc(OC)c(S(=O)(=O)NCC(C)(C)c2c[nH]c3ccccc23)c1. The molecule has 1 aromatic heterocycles. The van der Waals surface area contributed by atoms with Crippen molar-refractivity contribution in [2.24, 2.45) is 0 Å². The maximum absolute atomic E-state index is 12.9. The Balaban J connectivity index is 1.89. The van der Waals surface area contributed by atoms with E-state index in [9.17, 15) is 8.42 Å². The maximum Gasteiger partial charge on any atom is 0.244 e. The normalized spacial score (nSPS) is 12.3. The van der Waals surface area contributed by atoms with Gasteiger partial charge in [-0.1, -0.05) is 32.0 Å². The van der Waals surface area contributed by atoms with Gasteiger partial charge in [-0.3, -0.25) is 0 Å². The fourth-order valence-electron chi connectivity index (χ4n) is 3.07. The van der Waals surface area contributed by atoms with E-state index in [2.05, 4.69) is 9.71 Å². The third-order valence-electron chi connectivity index (χ3n) is 4.68. The Hall–Kier alpha value is -2.51. The van der Waals surface area contributed by atoms with Crippen molar-refractivity contribution in [2.45, 2.75) is 24.2 Å². The molecule has 0 unspecified atom stereocenters. The van der Waals surface area contributed by atoms with E-state index in [0.717, 1.165) is 16.5 Å². The van der Waals surface area contributed by atoms with Gasteiger partial charge in [0.1, 0.15) is 16.4 Å². The number of para-hydroxylation sites is 1. The molecule has 27 heavy (non-hydrogen) atoms. The minimum absolute atomic E-state index is 0.0547. The number of ether oxygens (including phenoxy) is 2. The molecule has 2 N–H and O–H groups in total. The molecule has 0 amide bonds. The lowest BCUT2D eigenvalue weighted by molar-refractivity contribution is 0.391. The van der Waals surface area contributed by atoms with Gasteiger partial charge in [0.05, 0.1) is 14.2 Å². The van der Waals surface area contributed by atoms with Gasteiger partial charge in [-0.2, -0.15) is 0 Å². The fourth-order valence-corrected chi connectivity index (χ4v) is 4.47. The molecular weight excluding hydrogens is 364 g/mol. The summed E-state index contributed by atoms with van der Waals surface area (Å²) in [6, 6.07) is 12.7. The Bertz CT molecular complexity index is 1050. The highest BCUT2D eigenvalue weighted by molar-refractivity contribution is 7.89. The van der Waals surface area contributed by atoms with Gasteiger partial charge in [-0.25, -0.2) is 13.1 Å². The van der Waals surface area contributed by atoms with Crippen molar-refractivity contribution in [3.63, 3.8) is 0 Å². The topological polar surface area (TPSA) is 80.4 Å². The Morgan fingerprint density at radius 2 is 1.81 bits per heavy atom. The molecule has 0 aliphatic heterocycles. The summed E-state index contributed by atoms with van der Waals surface area (Å²) in [4.78, 5) is 3.30. The van der Waals surface area contributed by atoms with Gasteiger partial charge in [0.2, 0.25) is 10.0 Å². The summed E-state index contributed by atoms with van der Waals surface area (Å²) in [5, 5.41) is 1.08. The van der Waals surface area contributed by atoms with E-state index in [1.807, 2.05) is 44.3 Å². The molecule has 6 nitrogen and oxygen atoms in total. The Morgan fingerprint density at radius 1 is 1.07 bits per heavy atom. The predicted molar refractivity (Wildman–Crippen MR) is 106 cm³/mol. The maximum atomic E-state index is 12.9. The highest BCUT2D eigenvalue weighted by Crippen LogP contribution is 2.32. The molecule has 0 aliphatic rings. The van der Waals surface area contributed by atoms with E-state index in [4.69, 9.17) is 9.47 Å². The molecule has 144 valence electrons. The van der Waals surface area contributed by atoms with E-state index in [0.29, 0.717) is 5.75 Å². The highest BCUT2D eigenvalue weighted by atomic mass is 32.2. The van der Waals surface area contributed by atoms with Crippen LogP contribution in [0.2, 0.25) is 0 Å². The van der Waals surface area contributed by atoms with E-state index in [1.54, 1.807) is 12.1 Å². The lowest BCUT2D eigenvalue weighted by Gasteiger charge is -2.25. The van der Waals surface area contributed by atoms with Crippen LogP contribution in [0, 0.1) is 0 Å². The van der Waals surface area contributed by atoms with Gasteiger partial charge >= 0.3 is 0 Å². The number of hydrogen-bond donors (Lipinski definition) is 2. The van der Waals surface area contributed by atoms with Crippen molar-refractivity contribution < 1.29 is 17.9 Å². The van der Waals surface area contributed by atoms with Crippen molar-refractivity contribution in [1.29, 1.82) is 0 Å². The van der Waals surface area contributed by atoms with Crippen LogP contribution in [0.4, 0.5) is 0 Å². The van der Waals surface area contributed by atoms with Crippen LogP contribution < -0.4 is 14.2 Å². The number of aromatic nitrogens is 1. The third-order valence-corrected chi connectivity index (χ3v) is 6.11. The zero-order valence-electron chi connectivity index (χ0n) is 15.9. The number of sulfonamides is 1. The van der Waals surface area contributed by atoms with Gasteiger partial charge in [0, 0.05) is 35.1 Å². The average Bonchev–Trinajstić information content (AvgIpc) is 3.11. The number of rotatable bonds is 7. The molecule has 0 fully saturated rings. The molecule has 0 bridgehead atoms. The number of aromatic amines is 1. The monoisotopic (exact) mass is 388 g/mol. The molecule has 0 saturated carbocycles. The Morgan fingerprint density at radius 3 is 2.52 bits per heavy atom. The summed E-state index contributed by atoms with van der Waals surface area (Å²) in [5.74, 6) is 0.722. The van der Waals surface area contributed by atoms with Crippen LogP contribution in [0.3, 0.4) is 0 Å². The molecular formula is C20H24N2O4S. The standard InChI is InChI=1S/C20H24N2O4S/c1-20(2,16-12-21-17-8-6-5-7-15(16)17)13-22-27(23,24)19-11-14(25-3)9-10-18(19)26-4/h5-12,21-22H,13H2,1-4H3. The summed E-state index contributed by atoms with van der Waals surface area (Å²) in [7, 11) is -0.845. The van der Waals surface area contributed by atoms with Crippen LogP contribution >= 0.6 is 0 Å². The van der Waals surface area contributed by atoms with E-state index in [1.165, 1.54) is 20.3 Å². The summed E-state index contributed by atoms with van der Waals surface area (Å²) in [5.41, 5.74) is 1.66. The molecule has 0 spiro atoms. The van der Waals surface area contributed by atoms with Crippen LogP contribution in [0.5, 0.6) is 11.5 Å². The van der Waals surface area contributed by atoms with Gasteiger partial charge in [-0.15, -0.1) is 0 Å². The number of methoxy groups -OCH3 is 2. The van der Waals surface area contributed by atoms with Crippen LogP contribution in [-0.4, -0.2) is 34.2 Å². The first-order chi connectivity index (χ1) is 12.8. The first-order valence-electron chi connectivity index (χ1n) is 8.57. The lowest BCUT2D eigenvalue weighted by Crippen LogP contribution is -2.36. The number of H-pyrrole nitrogens is 1. The molecule has 1 heterocycles. The van der Waals surface area contributed by atoms with E-state index in [-0.39, 0.29) is 17.2 Å². The van der Waals surface area contributed by atoms with Crippen molar-refractivity contribution in [1.82, 2.24) is 9.71 Å². The van der Waals surface area contributed by atoms with Crippen LogP contribution in [0.15, 0.2) is 53.6 Å². The zero-order chi connectivity index (χ0) is 19.7. The number of hydrogen-bond acceptors (Lipinski definition) is 4. The molecule has 0 atom stereocenters. The van der Waals surface area contributed by atoms with Crippen molar-refractivity contribution >= 4 is 20.9 Å². The van der Waals surface area contributed by atoms with E-state index >= 15 is 0 Å². The minimum atomic E-state index is -3.78. The summed E-state index contributed by atoms with van der Waals surface area (Å²) < 4.78 is 38.9. The lowest BCUT2D eigenvalue weighted by atomic mass is 9.85. The average molecular weight is 388 g/mol. The number of benzene rings is 2. The second kappa shape index (κ2) is 7.25.